The van der Waals surface area contributed by atoms with Gasteiger partial charge in [0.25, 0.3) is 0 Å². The third-order valence-electron chi connectivity index (χ3n) is 3.03. The SMILES string of the molecule is Nc1ccccc1OCCC(=O)NC1CCCOC1. The minimum Gasteiger partial charge on any atom is -0.491 e. The highest BCUT2D eigenvalue weighted by molar-refractivity contribution is 5.76. The van der Waals surface area contributed by atoms with Crippen LogP contribution >= 0.6 is 0 Å². The predicted molar refractivity (Wildman–Crippen MR) is 73.0 cm³/mol. The number of hydrogen-bond acceptors (Lipinski definition) is 4. The van der Waals surface area contributed by atoms with Gasteiger partial charge in [-0.2, -0.15) is 0 Å². The van der Waals surface area contributed by atoms with E-state index in [1.54, 1.807) is 12.1 Å². The van der Waals surface area contributed by atoms with Crippen LogP contribution < -0.4 is 15.8 Å². The first-order valence-electron chi connectivity index (χ1n) is 6.60. The molecule has 104 valence electrons. The minimum atomic E-state index is -0.00926. The van der Waals surface area contributed by atoms with Crippen molar-refractivity contribution in [2.45, 2.75) is 25.3 Å². The molecule has 0 aromatic heterocycles. The van der Waals surface area contributed by atoms with Crippen molar-refractivity contribution in [3.63, 3.8) is 0 Å². The molecule has 0 bridgehead atoms. The highest BCUT2D eigenvalue weighted by Crippen LogP contribution is 2.19. The van der Waals surface area contributed by atoms with Gasteiger partial charge in [0.05, 0.1) is 31.4 Å². The molecule has 1 saturated heterocycles. The summed E-state index contributed by atoms with van der Waals surface area (Å²) in [6, 6.07) is 7.41. The van der Waals surface area contributed by atoms with E-state index in [-0.39, 0.29) is 11.9 Å². The molecule has 0 spiro atoms. The molecule has 1 aromatic carbocycles. The standard InChI is InChI=1S/C14H20N2O3/c15-12-5-1-2-6-13(12)19-9-7-14(17)16-11-4-3-8-18-10-11/h1-2,5-6,11H,3-4,7-10,15H2,(H,16,17). The number of nitrogens with one attached hydrogen (secondary N) is 1. The maximum Gasteiger partial charge on any atom is 0.223 e. The van der Waals surface area contributed by atoms with Crippen LogP contribution in [0.5, 0.6) is 5.75 Å². The van der Waals surface area contributed by atoms with E-state index in [2.05, 4.69) is 5.32 Å². The first kappa shape index (κ1) is 13.7. The molecule has 1 aliphatic rings. The quantitative estimate of drug-likeness (QED) is 0.787. The molecule has 1 amide bonds. The van der Waals surface area contributed by atoms with Crippen LogP contribution in [-0.4, -0.2) is 31.8 Å². The average molecular weight is 264 g/mol. The number of nitrogen functional groups attached to an aromatic ring is 1. The Morgan fingerprint density at radius 3 is 3.05 bits per heavy atom. The molecule has 2 rings (SSSR count). The van der Waals surface area contributed by atoms with Crippen molar-refractivity contribution in [1.29, 1.82) is 0 Å². The molecule has 3 N–H and O–H groups in total. The largest absolute Gasteiger partial charge is 0.491 e. The van der Waals surface area contributed by atoms with Gasteiger partial charge < -0.3 is 20.5 Å². The Morgan fingerprint density at radius 2 is 2.32 bits per heavy atom. The second-order valence-corrected chi connectivity index (χ2v) is 4.62. The van der Waals surface area contributed by atoms with E-state index >= 15 is 0 Å². The normalized spacial score (nSPS) is 18.8. The fourth-order valence-electron chi connectivity index (χ4n) is 2.02. The van der Waals surface area contributed by atoms with Crippen LogP contribution in [0.1, 0.15) is 19.3 Å². The molecule has 1 heterocycles. The Morgan fingerprint density at radius 1 is 1.47 bits per heavy atom. The van der Waals surface area contributed by atoms with Gasteiger partial charge in [0.2, 0.25) is 5.91 Å². The van der Waals surface area contributed by atoms with Crippen molar-refractivity contribution in [2.24, 2.45) is 0 Å². The van der Waals surface area contributed by atoms with Crippen LogP contribution in [0.25, 0.3) is 0 Å². The van der Waals surface area contributed by atoms with Crippen LogP contribution in [0.4, 0.5) is 5.69 Å². The summed E-state index contributed by atoms with van der Waals surface area (Å²) in [6.45, 7) is 1.73. The maximum atomic E-state index is 11.7. The lowest BCUT2D eigenvalue weighted by molar-refractivity contribution is -0.123. The van der Waals surface area contributed by atoms with Gasteiger partial charge in [-0.25, -0.2) is 0 Å². The van der Waals surface area contributed by atoms with Gasteiger partial charge in [0.1, 0.15) is 5.75 Å². The third kappa shape index (κ3) is 4.44. The predicted octanol–water partition coefficient (Wildman–Crippen LogP) is 1.33. The van der Waals surface area contributed by atoms with Gasteiger partial charge in [-0.05, 0) is 25.0 Å². The number of carbonyl (C=O) groups is 1. The molecule has 0 saturated carbocycles. The summed E-state index contributed by atoms with van der Waals surface area (Å²) in [5.41, 5.74) is 6.33. The Hall–Kier alpha value is -1.75. The zero-order chi connectivity index (χ0) is 13.5. The fraction of sp³-hybridized carbons (Fsp3) is 0.500. The molecule has 19 heavy (non-hydrogen) atoms. The lowest BCUT2D eigenvalue weighted by Crippen LogP contribution is -2.41. The van der Waals surface area contributed by atoms with Crippen molar-refractivity contribution < 1.29 is 14.3 Å². The van der Waals surface area contributed by atoms with E-state index in [0.29, 0.717) is 31.1 Å². The van der Waals surface area contributed by atoms with Crippen molar-refractivity contribution >= 4 is 11.6 Å². The molecule has 1 fully saturated rings. The monoisotopic (exact) mass is 264 g/mol. The highest BCUT2D eigenvalue weighted by atomic mass is 16.5. The molecular weight excluding hydrogens is 244 g/mol. The molecule has 1 atom stereocenters. The number of carbonyl (C=O) groups excluding carboxylic acids is 1. The smallest absolute Gasteiger partial charge is 0.223 e. The highest BCUT2D eigenvalue weighted by Gasteiger charge is 2.15. The molecule has 5 nitrogen and oxygen atoms in total. The van der Waals surface area contributed by atoms with Gasteiger partial charge >= 0.3 is 0 Å². The van der Waals surface area contributed by atoms with E-state index in [4.69, 9.17) is 15.2 Å². The summed E-state index contributed by atoms with van der Waals surface area (Å²) in [5, 5.41) is 2.94. The molecule has 0 radical (unpaired) electrons. The van der Waals surface area contributed by atoms with E-state index in [0.717, 1.165) is 19.4 Å². The Bertz CT molecular complexity index is 417. The van der Waals surface area contributed by atoms with Gasteiger partial charge in [0.15, 0.2) is 0 Å². The van der Waals surface area contributed by atoms with E-state index in [1.807, 2.05) is 12.1 Å². The van der Waals surface area contributed by atoms with Gasteiger partial charge in [-0.3, -0.25) is 4.79 Å². The first-order chi connectivity index (χ1) is 9.25. The number of benzene rings is 1. The van der Waals surface area contributed by atoms with Crippen molar-refractivity contribution in [2.75, 3.05) is 25.6 Å². The lowest BCUT2D eigenvalue weighted by atomic mass is 10.1. The minimum absolute atomic E-state index is 0.00926. The molecule has 1 aliphatic heterocycles. The number of para-hydroxylation sites is 2. The Labute approximate surface area is 113 Å². The fourth-order valence-corrected chi connectivity index (χ4v) is 2.02. The lowest BCUT2D eigenvalue weighted by Gasteiger charge is -2.23. The zero-order valence-corrected chi connectivity index (χ0v) is 10.9. The number of amides is 1. The molecule has 5 heteroatoms. The summed E-state index contributed by atoms with van der Waals surface area (Å²) in [6.07, 6.45) is 2.31. The summed E-state index contributed by atoms with van der Waals surface area (Å²) in [7, 11) is 0. The Kier molecular flexibility index (Phi) is 5.03. The van der Waals surface area contributed by atoms with Gasteiger partial charge in [0, 0.05) is 6.61 Å². The van der Waals surface area contributed by atoms with Crippen molar-refractivity contribution in [1.82, 2.24) is 5.32 Å². The molecule has 1 unspecified atom stereocenters. The van der Waals surface area contributed by atoms with Crippen LogP contribution in [0.3, 0.4) is 0 Å². The van der Waals surface area contributed by atoms with E-state index in [1.165, 1.54) is 0 Å². The van der Waals surface area contributed by atoms with Gasteiger partial charge in [-0.1, -0.05) is 12.1 Å². The second-order valence-electron chi connectivity index (χ2n) is 4.62. The second kappa shape index (κ2) is 6.99. The van der Waals surface area contributed by atoms with Crippen LogP contribution in [0.15, 0.2) is 24.3 Å². The molecule has 0 aliphatic carbocycles. The number of nitrogens with two attached hydrogens (primary N) is 1. The zero-order valence-electron chi connectivity index (χ0n) is 10.9. The van der Waals surface area contributed by atoms with Crippen LogP contribution in [-0.2, 0) is 9.53 Å². The average Bonchev–Trinajstić information content (AvgIpc) is 2.42. The summed E-state index contributed by atoms with van der Waals surface area (Å²) < 4.78 is 10.8. The first-order valence-corrected chi connectivity index (χ1v) is 6.60. The van der Waals surface area contributed by atoms with Crippen molar-refractivity contribution in [3.05, 3.63) is 24.3 Å². The van der Waals surface area contributed by atoms with Crippen molar-refractivity contribution in [3.8, 4) is 5.75 Å². The van der Waals surface area contributed by atoms with E-state index in [9.17, 15) is 4.79 Å². The number of hydrogen-bond donors (Lipinski definition) is 2. The number of rotatable bonds is 5. The van der Waals surface area contributed by atoms with Gasteiger partial charge in [-0.15, -0.1) is 0 Å². The molecular formula is C14H20N2O3. The Balaban J connectivity index is 1.67. The molecule has 1 aromatic rings. The third-order valence-corrected chi connectivity index (χ3v) is 3.03. The summed E-state index contributed by atoms with van der Waals surface area (Å²) >= 11 is 0. The van der Waals surface area contributed by atoms with Crippen LogP contribution in [0, 0.1) is 0 Å². The van der Waals surface area contributed by atoms with Crippen LogP contribution in [0.2, 0.25) is 0 Å². The topological polar surface area (TPSA) is 73.6 Å². The number of ether oxygens (including phenoxy) is 2. The maximum absolute atomic E-state index is 11.7. The summed E-state index contributed by atoms with van der Waals surface area (Å²) in [5.74, 6) is 0.612. The van der Waals surface area contributed by atoms with E-state index < -0.39 is 0 Å². The summed E-state index contributed by atoms with van der Waals surface area (Å²) in [4.78, 5) is 11.7. The number of anilines is 1.